The average Bonchev–Trinajstić information content (AvgIpc) is 2.76. The second-order valence-corrected chi connectivity index (χ2v) is 5.79. The van der Waals surface area contributed by atoms with Crippen LogP contribution >= 0.6 is 11.8 Å². The Labute approximate surface area is 116 Å². The quantitative estimate of drug-likeness (QED) is 0.848. The van der Waals surface area contributed by atoms with Gasteiger partial charge in [-0.3, -0.25) is 14.2 Å². The number of carbonyl (C=O) groups is 1. The van der Waals surface area contributed by atoms with Crippen LogP contribution in [0, 0.1) is 13.8 Å². The van der Waals surface area contributed by atoms with Crippen LogP contribution < -0.4 is 10.9 Å². The molecule has 1 aliphatic rings. The Morgan fingerprint density at radius 1 is 1.53 bits per heavy atom. The van der Waals surface area contributed by atoms with Crippen molar-refractivity contribution >= 4 is 17.7 Å². The van der Waals surface area contributed by atoms with E-state index in [2.05, 4.69) is 10.3 Å². The van der Waals surface area contributed by atoms with Crippen molar-refractivity contribution in [1.29, 1.82) is 0 Å². The van der Waals surface area contributed by atoms with Gasteiger partial charge in [0.05, 0.1) is 6.04 Å². The summed E-state index contributed by atoms with van der Waals surface area (Å²) in [6, 6.07) is -0.0730. The fourth-order valence-electron chi connectivity index (χ4n) is 2.07. The van der Waals surface area contributed by atoms with E-state index >= 15 is 0 Å². The Hall–Kier alpha value is -1.30. The maximum absolute atomic E-state index is 12.3. The van der Waals surface area contributed by atoms with E-state index < -0.39 is 0 Å². The highest BCUT2D eigenvalue weighted by Crippen LogP contribution is 2.32. The molecule has 1 unspecified atom stereocenters. The minimum Gasteiger partial charge on any atom is -0.356 e. The number of nitrogens with zero attached hydrogens (tertiary/aromatic N) is 2. The first-order valence-corrected chi connectivity index (χ1v) is 7.52. The molecule has 5 nitrogen and oxygen atoms in total. The van der Waals surface area contributed by atoms with Gasteiger partial charge in [-0.25, -0.2) is 4.98 Å². The topological polar surface area (TPSA) is 64.0 Å². The first-order chi connectivity index (χ1) is 9.04. The van der Waals surface area contributed by atoms with Crippen molar-refractivity contribution < 1.29 is 4.79 Å². The number of hydrogen-bond donors (Lipinski definition) is 1. The molecule has 1 aromatic heterocycles. The lowest BCUT2D eigenvalue weighted by atomic mass is 10.2. The molecule has 0 bridgehead atoms. The number of fused-ring (bicyclic) bond motifs is 1. The number of rotatable bonds is 4. The number of thioether (sulfide) groups is 1. The zero-order valence-electron chi connectivity index (χ0n) is 11.5. The van der Waals surface area contributed by atoms with E-state index in [0.29, 0.717) is 18.5 Å². The van der Waals surface area contributed by atoms with Gasteiger partial charge in [-0.15, -0.1) is 0 Å². The van der Waals surface area contributed by atoms with Gasteiger partial charge in [0.2, 0.25) is 5.91 Å². The first kappa shape index (κ1) is 14.1. The van der Waals surface area contributed by atoms with Gasteiger partial charge < -0.3 is 5.32 Å². The van der Waals surface area contributed by atoms with E-state index in [1.165, 1.54) is 0 Å². The van der Waals surface area contributed by atoms with Crippen LogP contribution in [0.25, 0.3) is 0 Å². The molecule has 2 rings (SSSR count). The molecule has 104 valence electrons. The van der Waals surface area contributed by atoms with Gasteiger partial charge in [0.1, 0.15) is 0 Å². The molecule has 0 saturated carbocycles. The molecular weight excluding hydrogens is 262 g/mol. The predicted molar refractivity (Wildman–Crippen MR) is 75.6 cm³/mol. The van der Waals surface area contributed by atoms with Crippen molar-refractivity contribution in [2.75, 3.05) is 12.3 Å². The lowest BCUT2D eigenvalue weighted by Gasteiger charge is -2.14. The van der Waals surface area contributed by atoms with Crippen LogP contribution in [-0.2, 0) is 4.79 Å². The molecule has 1 amide bonds. The highest BCUT2D eigenvalue weighted by atomic mass is 32.2. The second-order valence-electron chi connectivity index (χ2n) is 4.80. The van der Waals surface area contributed by atoms with Gasteiger partial charge in [0, 0.05) is 30.0 Å². The number of aryl methyl sites for hydroxylation is 1. The fourth-order valence-corrected chi connectivity index (χ4v) is 3.25. The minimum atomic E-state index is -0.0730. The zero-order chi connectivity index (χ0) is 14.0. The molecule has 0 saturated heterocycles. The number of carbonyl (C=O) groups excluding carboxylic acids is 1. The lowest BCUT2D eigenvalue weighted by molar-refractivity contribution is -0.121. The first-order valence-electron chi connectivity index (χ1n) is 6.53. The molecule has 1 aromatic rings. The molecule has 1 N–H and O–H groups in total. The smallest absolute Gasteiger partial charge is 0.257 e. The third-order valence-corrected chi connectivity index (χ3v) is 4.41. The minimum absolute atomic E-state index is 0.00503. The third-order valence-electron chi connectivity index (χ3n) is 3.31. The van der Waals surface area contributed by atoms with Gasteiger partial charge in [0.25, 0.3) is 5.56 Å². The lowest BCUT2D eigenvalue weighted by Crippen LogP contribution is -2.32. The van der Waals surface area contributed by atoms with Gasteiger partial charge in [0.15, 0.2) is 5.16 Å². The monoisotopic (exact) mass is 281 g/mol. The summed E-state index contributed by atoms with van der Waals surface area (Å²) in [6.07, 6.45) is 1.27. The van der Waals surface area contributed by atoms with Crippen LogP contribution in [0.1, 0.15) is 37.1 Å². The van der Waals surface area contributed by atoms with Crippen LogP contribution in [0.3, 0.4) is 0 Å². The van der Waals surface area contributed by atoms with Crippen LogP contribution in [0.5, 0.6) is 0 Å². The Morgan fingerprint density at radius 2 is 2.26 bits per heavy atom. The molecular formula is C13H19N3O2S. The van der Waals surface area contributed by atoms with E-state index in [4.69, 9.17) is 0 Å². The SMILES string of the molecule is CCCNC(=O)CC1CSc2nc(C)c(C)c(=O)n21. The summed E-state index contributed by atoms with van der Waals surface area (Å²) in [6.45, 7) is 6.34. The van der Waals surface area contributed by atoms with Crippen LogP contribution in [-0.4, -0.2) is 27.8 Å². The molecule has 0 fully saturated rings. The number of aromatic nitrogens is 2. The standard InChI is InChI=1S/C13H19N3O2S/c1-4-5-14-11(17)6-10-7-19-13-15-9(3)8(2)12(18)16(10)13/h10H,4-7H2,1-3H3,(H,14,17). The molecule has 0 spiro atoms. The number of hydrogen-bond acceptors (Lipinski definition) is 4. The summed E-state index contributed by atoms with van der Waals surface area (Å²) in [5.41, 5.74) is 1.44. The Morgan fingerprint density at radius 3 is 2.95 bits per heavy atom. The van der Waals surface area contributed by atoms with E-state index in [-0.39, 0.29) is 17.5 Å². The molecule has 0 aliphatic carbocycles. The van der Waals surface area contributed by atoms with E-state index in [1.807, 2.05) is 13.8 Å². The van der Waals surface area contributed by atoms with Crippen molar-refractivity contribution in [1.82, 2.24) is 14.9 Å². The van der Waals surface area contributed by atoms with Crippen molar-refractivity contribution in [3.8, 4) is 0 Å². The zero-order valence-corrected chi connectivity index (χ0v) is 12.3. The van der Waals surface area contributed by atoms with Crippen molar-refractivity contribution in [3.63, 3.8) is 0 Å². The summed E-state index contributed by atoms with van der Waals surface area (Å²) >= 11 is 1.55. The normalized spacial score (nSPS) is 17.3. The molecule has 1 atom stereocenters. The van der Waals surface area contributed by atoms with E-state index in [1.54, 1.807) is 23.3 Å². The summed E-state index contributed by atoms with van der Waals surface area (Å²) in [7, 11) is 0. The molecule has 2 heterocycles. The van der Waals surface area contributed by atoms with Gasteiger partial charge in [-0.05, 0) is 20.3 Å². The maximum atomic E-state index is 12.3. The van der Waals surface area contributed by atoms with Crippen LogP contribution in [0.4, 0.5) is 0 Å². The molecule has 6 heteroatoms. The van der Waals surface area contributed by atoms with Crippen LogP contribution in [0.15, 0.2) is 9.95 Å². The second kappa shape index (κ2) is 5.77. The highest BCUT2D eigenvalue weighted by molar-refractivity contribution is 7.99. The number of nitrogens with one attached hydrogen (secondary N) is 1. The largest absolute Gasteiger partial charge is 0.356 e. The predicted octanol–water partition coefficient (Wildman–Crippen LogP) is 1.42. The van der Waals surface area contributed by atoms with Gasteiger partial charge >= 0.3 is 0 Å². The average molecular weight is 281 g/mol. The van der Waals surface area contributed by atoms with Crippen LogP contribution in [0.2, 0.25) is 0 Å². The molecule has 0 aromatic carbocycles. The van der Waals surface area contributed by atoms with E-state index in [9.17, 15) is 9.59 Å². The maximum Gasteiger partial charge on any atom is 0.257 e. The fraction of sp³-hybridized carbons (Fsp3) is 0.615. The highest BCUT2D eigenvalue weighted by Gasteiger charge is 2.28. The van der Waals surface area contributed by atoms with Crippen molar-refractivity contribution in [2.45, 2.75) is 44.8 Å². The van der Waals surface area contributed by atoms with Gasteiger partial charge in [-0.2, -0.15) is 0 Å². The van der Waals surface area contributed by atoms with Crippen molar-refractivity contribution in [2.24, 2.45) is 0 Å². The van der Waals surface area contributed by atoms with E-state index in [0.717, 1.165) is 23.0 Å². The third kappa shape index (κ3) is 2.83. The summed E-state index contributed by atoms with van der Waals surface area (Å²) in [4.78, 5) is 28.5. The van der Waals surface area contributed by atoms with Crippen molar-refractivity contribution in [3.05, 3.63) is 21.6 Å². The molecule has 0 radical (unpaired) electrons. The summed E-state index contributed by atoms with van der Waals surface area (Å²) in [5.74, 6) is 0.746. The Bertz CT molecular complexity index is 554. The number of amides is 1. The molecule has 19 heavy (non-hydrogen) atoms. The molecule has 1 aliphatic heterocycles. The summed E-state index contributed by atoms with van der Waals surface area (Å²) in [5, 5.41) is 3.59. The Kier molecular flexibility index (Phi) is 4.29. The Balaban J connectivity index is 2.20. The summed E-state index contributed by atoms with van der Waals surface area (Å²) < 4.78 is 1.68. The van der Waals surface area contributed by atoms with Gasteiger partial charge in [-0.1, -0.05) is 18.7 Å².